The number of hydrogen-bond acceptors (Lipinski definition) is 5. The molecule has 1 aromatic heterocycles. The van der Waals surface area contributed by atoms with E-state index < -0.39 is 11.9 Å². The smallest absolute Gasteiger partial charge is 0.374 e. The van der Waals surface area contributed by atoms with Crippen LogP contribution in [0.25, 0.3) is 0 Å². The first kappa shape index (κ1) is 11.2. The summed E-state index contributed by atoms with van der Waals surface area (Å²) in [6.45, 7) is 0. The van der Waals surface area contributed by atoms with Crippen molar-refractivity contribution in [2.45, 2.75) is 37.5 Å². The molecule has 18 heavy (non-hydrogen) atoms. The molecule has 2 aliphatic heterocycles. The van der Waals surface area contributed by atoms with Gasteiger partial charge in [-0.1, -0.05) is 5.16 Å². The van der Waals surface area contributed by atoms with Gasteiger partial charge < -0.3 is 19.7 Å². The Hall–Kier alpha value is -1.89. The lowest BCUT2D eigenvalue weighted by atomic mass is 9.95. The maximum Gasteiger partial charge on any atom is 0.374 e. The fraction of sp³-hybridized carbons (Fsp3) is 0.545. The Morgan fingerprint density at radius 1 is 1.44 bits per heavy atom. The summed E-state index contributed by atoms with van der Waals surface area (Å²) in [6.07, 6.45) is 3.12. The molecule has 0 radical (unpaired) electrons. The van der Waals surface area contributed by atoms with E-state index in [0.717, 1.165) is 25.3 Å². The molecule has 2 N–H and O–H groups in total. The van der Waals surface area contributed by atoms with Crippen LogP contribution in [0, 0.1) is 0 Å². The highest BCUT2D eigenvalue weighted by Gasteiger charge is 2.41. The third-order valence-corrected chi connectivity index (χ3v) is 3.38. The van der Waals surface area contributed by atoms with Crippen molar-refractivity contribution < 1.29 is 24.0 Å². The van der Waals surface area contributed by atoms with E-state index >= 15 is 0 Å². The third kappa shape index (κ3) is 1.86. The van der Waals surface area contributed by atoms with Crippen LogP contribution >= 0.6 is 0 Å². The number of carbonyl (C=O) groups excluding carboxylic acids is 1. The number of carboxylic acids is 1. The molecule has 0 saturated carbocycles. The monoisotopic (exact) mass is 252 g/mol. The molecule has 2 aliphatic rings. The molecule has 3 heterocycles. The Bertz CT molecular complexity index is 497. The van der Waals surface area contributed by atoms with Gasteiger partial charge in [-0.15, -0.1) is 0 Å². The van der Waals surface area contributed by atoms with E-state index in [0.29, 0.717) is 0 Å². The SMILES string of the molecule is O=C(NC1CC2CCC1O2)c1cc(C(=O)O)on1. The van der Waals surface area contributed by atoms with Crippen molar-refractivity contribution in [3.63, 3.8) is 0 Å². The highest BCUT2D eigenvalue weighted by Crippen LogP contribution is 2.34. The van der Waals surface area contributed by atoms with Crippen molar-refractivity contribution in [3.05, 3.63) is 17.5 Å². The molecule has 1 amide bonds. The van der Waals surface area contributed by atoms with Crippen LogP contribution in [0.15, 0.2) is 10.6 Å². The molecule has 2 fully saturated rings. The normalized spacial score (nSPS) is 29.4. The molecule has 1 aromatic rings. The Kier molecular flexibility index (Phi) is 2.55. The fourth-order valence-electron chi connectivity index (χ4n) is 2.52. The topological polar surface area (TPSA) is 102 Å². The molecule has 0 spiro atoms. The van der Waals surface area contributed by atoms with Crippen molar-refractivity contribution in [3.8, 4) is 0 Å². The number of fused-ring (bicyclic) bond motifs is 2. The van der Waals surface area contributed by atoms with Crippen LogP contribution < -0.4 is 5.32 Å². The molecular formula is C11H12N2O5. The van der Waals surface area contributed by atoms with Gasteiger partial charge in [0.2, 0.25) is 5.76 Å². The summed E-state index contributed by atoms with van der Waals surface area (Å²) in [7, 11) is 0. The van der Waals surface area contributed by atoms with Crippen molar-refractivity contribution >= 4 is 11.9 Å². The summed E-state index contributed by atoms with van der Waals surface area (Å²) in [5, 5.41) is 14.9. The molecule has 0 aliphatic carbocycles. The second-order valence-electron chi connectivity index (χ2n) is 4.57. The largest absolute Gasteiger partial charge is 0.475 e. The summed E-state index contributed by atoms with van der Waals surface area (Å²) in [6, 6.07) is 1.10. The van der Waals surface area contributed by atoms with Crippen LogP contribution in [0.2, 0.25) is 0 Å². The quantitative estimate of drug-likeness (QED) is 0.808. The number of carboxylic acid groups (broad SMARTS) is 1. The van der Waals surface area contributed by atoms with Crippen LogP contribution in [-0.4, -0.2) is 40.4 Å². The van der Waals surface area contributed by atoms with Gasteiger partial charge in [-0.3, -0.25) is 4.79 Å². The van der Waals surface area contributed by atoms with Gasteiger partial charge in [-0.2, -0.15) is 0 Å². The molecule has 7 nitrogen and oxygen atoms in total. The number of amides is 1. The molecule has 3 rings (SSSR count). The van der Waals surface area contributed by atoms with Crippen molar-refractivity contribution in [1.29, 1.82) is 0 Å². The van der Waals surface area contributed by atoms with Crippen molar-refractivity contribution in [1.82, 2.24) is 10.5 Å². The summed E-state index contributed by atoms with van der Waals surface area (Å²) in [5.74, 6) is -2.01. The molecule has 7 heteroatoms. The van der Waals surface area contributed by atoms with Gasteiger partial charge in [0, 0.05) is 6.07 Å². The zero-order chi connectivity index (χ0) is 12.7. The molecule has 2 bridgehead atoms. The minimum atomic E-state index is -1.25. The van der Waals surface area contributed by atoms with Gasteiger partial charge in [-0.05, 0) is 19.3 Å². The lowest BCUT2D eigenvalue weighted by Gasteiger charge is -2.19. The number of nitrogens with zero attached hydrogens (tertiary/aromatic N) is 1. The second kappa shape index (κ2) is 4.09. The van der Waals surface area contributed by atoms with Crippen LogP contribution in [0.1, 0.15) is 40.3 Å². The highest BCUT2D eigenvalue weighted by atomic mass is 16.5. The number of nitrogens with one attached hydrogen (secondary N) is 1. The maximum absolute atomic E-state index is 11.8. The van der Waals surface area contributed by atoms with Crippen LogP contribution in [-0.2, 0) is 4.74 Å². The van der Waals surface area contributed by atoms with Gasteiger partial charge >= 0.3 is 5.97 Å². The molecule has 2 saturated heterocycles. The van der Waals surface area contributed by atoms with Crippen molar-refractivity contribution in [2.24, 2.45) is 0 Å². The van der Waals surface area contributed by atoms with Crippen LogP contribution in [0.4, 0.5) is 0 Å². The van der Waals surface area contributed by atoms with E-state index in [1.54, 1.807) is 0 Å². The Balaban J connectivity index is 1.65. The molecule has 96 valence electrons. The number of carbonyl (C=O) groups is 2. The second-order valence-corrected chi connectivity index (χ2v) is 4.57. The molecule has 3 atom stereocenters. The predicted octanol–water partition coefficient (Wildman–Crippen LogP) is 0.422. The van der Waals surface area contributed by atoms with Gasteiger partial charge in [0.15, 0.2) is 5.69 Å². The van der Waals surface area contributed by atoms with Gasteiger partial charge in [0.1, 0.15) is 0 Å². The number of aromatic carboxylic acids is 1. The first-order chi connectivity index (χ1) is 8.63. The zero-order valence-corrected chi connectivity index (χ0v) is 9.46. The van der Waals surface area contributed by atoms with Crippen molar-refractivity contribution in [2.75, 3.05) is 0 Å². The minimum absolute atomic E-state index is 0.0128. The Labute approximate surface area is 102 Å². The fourth-order valence-corrected chi connectivity index (χ4v) is 2.52. The molecule has 0 aromatic carbocycles. The summed E-state index contributed by atoms with van der Waals surface area (Å²) in [5.41, 5.74) is -0.0184. The van der Waals surface area contributed by atoms with Crippen LogP contribution in [0.5, 0.6) is 0 Å². The summed E-state index contributed by atoms with van der Waals surface area (Å²) >= 11 is 0. The lowest BCUT2D eigenvalue weighted by Crippen LogP contribution is -2.41. The van der Waals surface area contributed by atoms with E-state index in [1.807, 2.05) is 0 Å². The third-order valence-electron chi connectivity index (χ3n) is 3.38. The van der Waals surface area contributed by atoms with Gasteiger partial charge in [0.25, 0.3) is 5.91 Å². The van der Waals surface area contributed by atoms with E-state index in [4.69, 9.17) is 9.84 Å². The average molecular weight is 252 g/mol. The number of aromatic nitrogens is 1. The first-order valence-corrected chi connectivity index (χ1v) is 5.80. The Morgan fingerprint density at radius 3 is 2.83 bits per heavy atom. The standard InChI is InChI=1S/C11H12N2O5/c14-10(7-4-9(11(15)16)18-13-7)12-6-3-5-1-2-8(6)17-5/h4-6,8H,1-3H2,(H,12,14)(H,15,16). The van der Waals surface area contributed by atoms with E-state index in [-0.39, 0.29) is 29.7 Å². The maximum atomic E-state index is 11.8. The van der Waals surface area contributed by atoms with Gasteiger partial charge in [-0.25, -0.2) is 4.79 Å². The summed E-state index contributed by atoms with van der Waals surface area (Å²) < 4.78 is 10.1. The number of ether oxygens (including phenoxy) is 1. The molecule has 3 unspecified atom stereocenters. The summed E-state index contributed by atoms with van der Waals surface area (Å²) in [4.78, 5) is 22.4. The van der Waals surface area contributed by atoms with E-state index in [9.17, 15) is 9.59 Å². The highest BCUT2D eigenvalue weighted by molar-refractivity contribution is 5.95. The first-order valence-electron chi connectivity index (χ1n) is 5.80. The van der Waals surface area contributed by atoms with Gasteiger partial charge in [0.05, 0.1) is 18.2 Å². The average Bonchev–Trinajstić information content (AvgIpc) is 3.04. The predicted molar refractivity (Wildman–Crippen MR) is 57.2 cm³/mol. The van der Waals surface area contributed by atoms with E-state index in [1.165, 1.54) is 0 Å². The lowest BCUT2D eigenvalue weighted by molar-refractivity contribution is 0.0650. The number of rotatable bonds is 3. The van der Waals surface area contributed by atoms with Crippen LogP contribution in [0.3, 0.4) is 0 Å². The van der Waals surface area contributed by atoms with E-state index in [2.05, 4.69) is 15.0 Å². The minimum Gasteiger partial charge on any atom is -0.475 e. The zero-order valence-electron chi connectivity index (χ0n) is 9.46. The number of hydrogen-bond donors (Lipinski definition) is 2. The Morgan fingerprint density at radius 2 is 2.28 bits per heavy atom. The molecular weight excluding hydrogens is 240 g/mol.